The molecule has 1 aliphatic heterocycles. The van der Waals surface area contributed by atoms with Gasteiger partial charge in [-0.15, -0.1) is 0 Å². The molecule has 1 unspecified atom stereocenters. The van der Waals surface area contributed by atoms with Crippen molar-refractivity contribution < 1.29 is 28.9 Å². The Kier molecular flexibility index (Phi) is 6.58. The van der Waals surface area contributed by atoms with E-state index in [9.17, 15) is 14.7 Å². The first kappa shape index (κ1) is 21.7. The number of aliphatic hydroxyl groups is 1. The van der Waals surface area contributed by atoms with Gasteiger partial charge in [-0.05, 0) is 42.5 Å². The molecule has 3 aromatic rings. The first-order valence-electron chi connectivity index (χ1n) is 9.89. The Morgan fingerprint density at radius 3 is 2.50 bits per heavy atom. The van der Waals surface area contributed by atoms with Crippen LogP contribution in [0, 0.1) is 0 Å². The molecule has 0 bridgehead atoms. The van der Waals surface area contributed by atoms with E-state index in [0.29, 0.717) is 27.8 Å². The highest BCUT2D eigenvalue weighted by atomic mass is 35.5. The SMILES string of the molecule is O=C(NCC(O)COc1ccc2c(c1)OCO2)c1ccccc1C(=O)c1ccc(Cl)cc1. The molecule has 4 rings (SSSR count). The Balaban J connectivity index is 1.35. The van der Waals surface area contributed by atoms with Crippen LogP contribution in [0.4, 0.5) is 0 Å². The van der Waals surface area contributed by atoms with E-state index in [2.05, 4.69) is 5.32 Å². The number of hydrogen-bond acceptors (Lipinski definition) is 6. The molecule has 0 aliphatic carbocycles. The largest absolute Gasteiger partial charge is 0.491 e. The molecular formula is C24H20ClNO6. The van der Waals surface area contributed by atoms with Gasteiger partial charge in [0.05, 0.1) is 5.56 Å². The Bertz CT molecular complexity index is 1130. The average molecular weight is 454 g/mol. The van der Waals surface area contributed by atoms with E-state index < -0.39 is 12.0 Å². The molecule has 0 aromatic heterocycles. The van der Waals surface area contributed by atoms with Crippen LogP contribution < -0.4 is 19.5 Å². The molecule has 32 heavy (non-hydrogen) atoms. The molecular weight excluding hydrogens is 434 g/mol. The lowest BCUT2D eigenvalue weighted by Crippen LogP contribution is -2.35. The summed E-state index contributed by atoms with van der Waals surface area (Å²) in [5.74, 6) is 0.965. The number of aliphatic hydroxyl groups excluding tert-OH is 1. The molecule has 0 fully saturated rings. The second-order valence-electron chi connectivity index (χ2n) is 7.07. The summed E-state index contributed by atoms with van der Waals surface area (Å²) in [6.07, 6.45) is -0.955. The van der Waals surface area contributed by atoms with Gasteiger partial charge in [0.25, 0.3) is 5.91 Å². The number of halogens is 1. The van der Waals surface area contributed by atoms with E-state index in [4.69, 9.17) is 25.8 Å². The number of carbonyl (C=O) groups excluding carboxylic acids is 2. The van der Waals surface area contributed by atoms with Crippen LogP contribution in [0.3, 0.4) is 0 Å². The summed E-state index contributed by atoms with van der Waals surface area (Å²) in [5.41, 5.74) is 0.904. The summed E-state index contributed by atoms with van der Waals surface area (Å²) < 4.78 is 16.1. The number of hydrogen-bond donors (Lipinski definition) is 2. The average Bonchev–Trinajstić information content (AvgIpc) is 3.29. The van der Waals surface area contributed by atoms with Crippen molar-refractivity contribution in [1.82, 2.24) is 5.32 Å². The zero-order valence-corrected chi connectivity index (χ0v) is 17.7. The number of rotatable bonds is 8. The zero-order valence-electron chi connectivity index (χ0n) is 16.9. The summed E-state index contributed by atoms with van der Waals surface area (Å²) in [4.78, 5) is 25.5. The van der Waals surface area contributed by atoms with E-state index >= 15 is 0 Å². The van der Waals surface area contributed by atoms with Gasteiger partial charge in [-0.2, -0.15) is 0 Å². The minimum Gasteiger partial charge on any atom is -0.491 e. The number of benzene rings is 3. The van der Waals surface area contributed by atoms with Crippen LogP contribution in [0.2, 0.25) is 5.02 Å². The summed E-state index contributed by atoms with van der Waals surface area (Å²) in [6.45, 7) is 0.0770. The zero-order chi connectivity index (χ0) is 22.5. The van der Waals surface area contributed by atoms with Crippen molar-refractivity contribution in [2.75, 3.05) is 19.9 Å². The van der Waals surface area contributed by atoms with Crippen molar-refractivity contribution in [3.05, 3.63) is 88.4 Å². The van der Waals surface area contributed by atoms with Crippen molar-refractivity contribution in [1.29, 1.82) is 0 Å². The number of amides is 1. The van der Waals surface area contributed by atoms with E-state index in [1.165, 1.54) is 0 Å². The van der Waals surface area contributed by atoms with Crippen LogP contribution >= 0.6 is 11.6 Å². The summed E-state index contributed by atoms with van der Waals surface area (Å²) in [6, 6.07) is 18.1. The van der Waals surface area contributed by atoms with Crippen molar-refractivity contribution in [3.63, 3.8) is 0 Å². The van der Waals surface area contributed by atoms with Gasteiger partial charge < -0.3 is 24.6 Å². The maximum Gasteiger partial charge on any atom is 0.252 e. The van der Waals surface area contributed by atoms with Crippen LogP contribution in [0.1, 0.15) is 26.3 Å². The Morgan fingerprint density at radius 1 is 1.00 bits per heavy atom. The van der Waals surface area contributed by atoms with Crippen molar-refractivity contribution >= 4 is 23.3 Å². The Hall–Kier alpha value is -3.55. The van der Waals surface area contributed by atoms with Gasteiger partial charge in [0.1, 0.15) is 18.5 Å². The predicted molar refractivity (Wildman–Crippen MR) is 118 cm³/mol. The monoisotopic (exact) mass is 453 g/mol. The third-order valence-corrected chi connectivity index (χ3v) is 5.06. The highest BCUT2D eigenvalue weighted by Gasteiger charge is 2.19. The van der Waals surface area contributed by atoms with Gasteiger partial charge in [-0.3, -0.25) is 9.59 Å². The molecule has 1 aliphatic rings. The minimum atomic E-state index is -0.955. The molecule has 0 spiro atoms. The lowest BCUT2D eigenvalue weighted by atomic mass is 9.98. The van der Waals surface area contributed by atoms with Gasteiger partial charge in [0, 0.05) is 28.8 Å². The third-order valence-electron chi connectivity index (χ3n) is 4.81. The molecule has 1 heterocycles. The highest BCUT2D eigenvalue weighted by molar-refractivity contribution is 6.30. The van der Waals surface area contributed by atoms with Crippen LogP contribution in [0.15, 0.2) is 66.7 Å². The second-order valence-corrected chi connectivity index (χ2v) is 7.51. The molecule has 0 saturated carbocycles. The number of fused-ring (bicyclic) bond motifs is 1. The first-order chi connectivity index (χ1) is 15.5. The van der Waals surface area contributed by atoms with Crippen molar-refractivity contribution in [2.45, 2.75) is 6.10 Å². The fourth-order valence-electron chi connectivity index (χ4n) is 3.16. The molecule has 1 amide bonds. The standard InChI is InChI=1S/C24H20ClNO6/c25-16-7-5-15(6-8-16)23(28)19-3-1-2-4-20(19)24(29)26-12-17(27)13-30-18-9-10-21-22(11-18)32-14-31-21/h1-11,17,27H,12-14H2,(H,26,29). The summed E-state index contributed by atoms with van der Waals surface area (Å²) in [7, 11) is 0. The Morgan fingerprint density at radius 2 is 1.72 bits per heavy atom. The lowest BCUT2D eigenvalue weighted by molar-refractivity contribution is 0.0839. The minimum absolute atomic E-state index is 0.0364. The maximum absolute atomic E-state index is 12.8. The van der Waals surface area contributed by atoms with Crippen LogP contribution in [-0.2, 0) is 0 Å². The number of ether oxygens (including phenoxy) is 3. The van der Waals surface area contributed by atoms with E-state index in [0.717, 1.165) is 0 Å². The van der Waals surface area contributed by atoms with Gasteiger partial charge in [-0.1, -0.05) is 29.8 Å². The molecule has 3 aromatic carbocycles. The molecule has 0 radical (unpaired) electrons. The first-order valence-corrected chi connectivity index (χ1v) is 10.3. The van der Waals surface area contributed by atoms with E-state index in [1.54, 1.807) is 66.7 Å². The fraction of sp³-hybridized carbons (Fsp3) is 0.167. The molecule has 8 heteroatoms. The predicted octanol–water partition coefficient (Wildman–Crippen LogP) is 3.47. The van der Waals surface area contributed by atoms with E-state index in [1.807, 2.05) is 0 Å². The van der Waals surface area contributed by atoms with Crippen LogP contribution in [0.25, 0.3) is 0 Å². The summed E-state index contributed by atoms with van der Waals surface area (Å²) >= 11 is 5.88. The summed E-state index contributed by atoms with van der Waals surface area (Å²) in [5, 5.41) is 13.4. The smallest absolute Gasteiger partial charge is 0.252 e. The van der Waals surface area contributed by atoms with Crippen molar-refractivity contribution in [3.8, 4) is 17.2 Å². The number of ketones is 1. The van der Waals surface area contributed by atoms with Crippen molar-refractivity contribution in [2.24, 2.45) is 0 Å². The highest BCUT2D eigenvalue weighted by Crippen LogP contribution is 2.35. The Labute approximate surface area is 189 Å². The van der Waals surface area contributed by atoms with Crippen LogP contribution in [-0.4, -0.2) is 42.8 Å². The second kappa shape index (κ2) is 9.72. The topological polar surface area (TPSA) is 94.1 Å². The molecule has 2 N–H and O–H groups in total. The van der Waals surface area contributed by atoms with Gasteiger partial charge in [-0.25, -0.2) is 0 Å². The molecule has 7 nitrogen and oxygen atoms in total. The van der Waals surface area contributed by atoms with Gasteiger partial charge in [0.2, 0.25) is 6.79 Å². The van der Waals surface area contributed by atoms with Gasteiger partial charge >= 0.3 is 0 Å². The number of carbonyl (C=O) groups is 2. The van der Waals surface area contributed by atoms with Gasteiger partial charge in [0.15, 0.2) is 17.3 Å². The molecule has 1 atom stereocenters. The maximum atomic E-state index is 12.8. The normalized spacial score (nSPS) is 12.8. The number of nitrogens with one attached hydrogen (secondary N) is 1. The lowest BCUT2D eigenvalue weighted by Gasteiger charge is -2.14. The molecule has 164 valence electrons. The third kappa shape index (κ3) is 5.01. The quantitative estimate of drug-likeness (QED) is 0.507. The van der Waals surface area contributed by atoms with Crippen LogP contribution in [0.5, 0.6) is 17.2 Å². The molecule has 0 saturated heterocycles. The fourth-order valence-corrected chi connectivity index (χ4v) is 3.29. The van der Waals surface area contributed by atoms with E-state index in [-0.39, 0.29) is 36.9 Å².